The molecule has 0 fully saturated rings. The van der Waals surface area contributed by atoms with Gasteiger partial charge >= 0.3 is 0 Å². The first-order valence-corrected chi connectivity index (χ1v) is 15.8. The second-order valence-corrected chi connectivity index (χ2v) is 13.8. The number of carbonyl (C=O) groups excluding carboxylic acids is 1. The normalized spacial score (nSPS) is 12.4. The maximum absolute atomic E-state index is 13.9. The smallest absolute Gasteiger partial charge is 0.246 e. The van der Waals surface area contributed by atoms with Gasteiger partial charge in [0.15, 0.2) is 23.1 Å². The number of anilines is 3. The Bertz CT molecular complexity index is 1680. The van der Waals surface area contributed by atoms with E-state index in [0.717, 1.165) is 25.6 Å². The predicted molar refractivity (Wildman–Crippen MR) is 181 cm³/mol. The lowest BCUT2D eigenvalue weighted by molar-refractivity contribution is -0.116. The number of benzene rings is 2. The summed E-state index contributed by atoms with van der Waals surface area (Å²) in [7, 11) is 1.59. The van der Waals surface area contributed by atoms with Gasteiger partial charge in [0.1, 0.15) is 18.7 Å². The minimum atomic E-state index is -1.12. The summed E-state index contributed by atoms with van der Waals surface area (Å²) in [5.74, 6) is -1.07. The Labute approximate surface area is 275 Å². The molecule has 2 aromatic carbocycles. The van der Waals surface area contributed by atoms with Gasteiger partial charge < -0.3 is 20.1 Å². The second-order valence-electron chi connectivity index (χ2n) is 13.8. The highest BCUT2D eigenvalue weighted by atomic mass is 19.2. The molecule has 4 rings (SSSR count). The number of nitrogens with one attached hydrogen (secondary N) is 2. The lowest BCUT2D eigenvalue weighted by atomic mass is 9.60. The molecule has 12 heteroatoms. The Morgan fingerprint density at radius 3 is 2.40 bits per heavy atom. The summed E-state index contributed by atoms with van der Waals surface area (Å²) >= 11 is 0. The van der Waals surface area contributed by atoms with E-state index in [4.69, 9.17) is 9.47 Å². The van der Waals surface area contributed by atoms with Crippen LogP contribution in [0, 0.1) is 22.5 Å². The molecule has 0 radical (unpaired) electrons. The Balaban J connectivity index is 1.43. The molecule has 0 saturated heterocycles. The minimum Gasteiger partial charge on any atom is -0.493 e. The van der Waals surface area contributed by atoms with Crippen LogP contribution in [-0.4, -0.2) is 62.9 Å². The molecule has 0 aliphatic rings. The van der Waals surface area contributed by atoms with Crippen molar-refractivity contribution in [3.8, 4) is 11.5 Å². The van der Waals surface area contributed by atoms with Crippen LogP contribution in [0.4, 0.5) is 26.0 Å². The van der Waals surface area contributed by atoms with Gasteiger partial charge in [0, 0.05) is 29.7 Å². The quantitative estimate of drug-likeness (QED) is 0.144. The van der Waals surface area contributed by atoms with E-state index < -0.39 is 17.5 Å². The molecule has 2 aromatic heterocycles. The zero-order valence-corrected chi connectivity index (χ0v) is 28.9. The molecule has 254 valence electrons. The van der Waals surface area contributed by atoms with Crippen LogP contribution in [0.5, 0.6) is 11.5 Å². The summed E-state index contributed by atoms with van der Waals surface area (Å²) in [6.07, 6.45) is 5.43. The van der Waals surface area contributed by atoms with Crippen molar-refractivity contribution in [2.45, 2.75) is 73.9 Å². The van der Waals surface area contributed by atoms with Crippen LogP contribution in [0.1, 0.15) is 61.8 Å². The summed E-state index contributed by atoms with van der Waals surface area (Å²) in [5.41, 5.74) is 1.11. The fourth-order valence-corrected chi connectivity index (χ4v) is 6.23. The summed E-state index contributed by atoms with van der Waals surface area (Å²) in [6.45, 7) is 20.6. The number of halogens is 2. The number of amides is 1. The third kappa shape index (κ3) is 7.81. The molecule has 10 nitrogen and oxygen atoms in total. The largest absolute Gasteiger partial charge is 0.493 e. The van der Waals surface area contributed by atoms with Gasteiger partial charge in [-0.3, -0.25) is 14.4 Å². The topological polar surface area (TPSA) is 106 Å². The number of nitrogens with zero attached hydrogens (tertiary/aromatic N) is 5. The van der Waals surface area contributed by atoms with Crippen molar-refractivity contribution in [3.05, 3.63) is 60.7 Å². The molecule has 1 amide bonds. The fraction of sp³-hybridized carbons (Fsp3) is 0.486. The standard InChI is InChI=1S/C35H47F2N7O3/c1-10-43(35(8,33(2,3)4)34(5,6)7)15-12-16-47-29-18-27-24(17-28(29)46-9)32(39-22-38-27)41-23-19-40-44(20-23)21-30(45)42-26-14-11-13-25(36)31(26)37/h11,13-14,17-20,22H,10,12,15-16,21H2,1-9H3,(H,42,45)(H,38,39,41). The van der Waals surface area contributed by atoms with Gasteiger partial charge in [-0.15, -0.1) is 0 Å². The van der Waals surface area contributed by atoms with Gasteiger partial charge in [0.05, 0.1) is 36.8 Å². The SMILES string of the molecule is CCN(CCCOc1cc2ncnc(Nc3cnn(CC(=O)Nc4cccc(F)c4F)c3)c2cc1OC)C(C)(C(C)(C)C)C(C)(C)C. The van der Waals surface area contributed by atoms with Gasteiger partial charge in [0.25, 0.3) is 0 Å². The van der Waals surface area contributed by atoms with Crippen molar-refractivity contribution in [1.82, 2.24) is 24.6 Å². The third-order valence-corrected chi connectivity index (χ3v) is 9.11. The van der Waals surface area contributed by atoms with E-state index in [1.165, 1.54) is 29.3 Å². The van der Waals surface area contributed by atoms with Gasteiger partial charge in [0.2, 0.25) is 5.91 Å². The summed E-state index contributed by atoms with van der Waals surface area (Å²) < 4.78 is 40.7. The van der Waals surface area contributed by atoms with Crippen molar-refractivity contribution < 1.29 is 23.0 Å². The van der Waals surface area contributed by atoms with E-state index in [-0.39, 0.29) is 28.6 Å². The van der Waals surface area contributed by atoms with Crippen molar-refractivity contribution in [3.63, 3.8) is 0 Å². The van der Waals surface area contributed by atoms with Crippen LogP contribution in [-0.2, 0) is 11.3 Å². The molecule has 0 unspecified atom stereocenters. The fourth-order valence-electron chi connectivity index (χ4n) is 6.23. The summed E-state index contributed by atoms with van der Waals surface area (Å²) in [6, 6.07) is 7.25. The van der Waals surface area contributed by atoms with Crippen LogP contribution in [0.2, 0.25) is 0 Å². The van der Waals surface area contributed by atoms with Crippen molar-refractivity contribution in [2.24, 2.45) is 10.8 Å². The van der Waals surface area contributed by atoms with Gasteiger partial charge in [-0.1, -0.05) is 54.5 Å². The lowest BCUT2D eigenvalue weighted by Gasteiger charge is -2.57. The predicted octanol–water partition coefficient (Wildman–Crippen LogP) is 7.44. The molecule has 4 aromatic rings. The minimum absolute atomic E-state index is 0.0269. The highest BCUT2D eigenvalue weighted by Crippen LogP contribution is 2.48. The van der Waals surface area contributed by atoms with Crippen LogP contribution >= 0.6 is 0 Å². The molecule has 0 aliphatic carbocycles. The van der Waals surface area contributed by atoms with E-state index in [9.17, 15) is 13.6 Å². The van der Waals surface area contributed by atoms with E-state index in [2.05, 4.69) is 86.0 Å². The van der Waals surface area contributed by atoms with Crippen molar-refractivity contribution in [2.75, 3.05) is 37.4 Å². The average Bonchev–Trinajstić information content (AvgIpc) is 3.44. The number of hydrogen-bond acceptors (Lipinski definition) is 8. The number of carbonyl (C=O) groups is 1. The molecule has 0 bridgehead atoms. The number of methoxy groups -OCH3 is 1. The van der Waals surface area contributed by atoms with Crippen LogP contribution in [0.25, 0.3) is 10.9 Å². The molecule has 0 aliphatic heterocycles. The number of fused-ring (bicyclic) bond motifs is 1. The third-order valence-electron chi connectivity index (χ3n) is 9.11. The van der Waals surface area contributed by atoms with Crippen LogP contribution < -0.4 is 20.1 Å². The molecule has 0 atom stereocenters. The first kappa shape index (κ1) is 35.5. The Kier molecular flexibility index (Phi) is 10.7. The molecule has 0 spiro atoms. The molecule has 2 heterocycles. The molecule has 0 saturated carbocycles. The van der Waals surface area contributed by atoms with Gasteiger partial charge in [-0.05, 0) is 48.9 Å². The van der Waals surface area contributed by atoms with Crippen molar-refractivity contribution >= 4 is 34.0 Å². The molecule has 2 N–H and O–H groups in total. The molecule has 47 heavy (non-hydrogen) atoms. The highest BCUT2D eigenvalue weighted by Gasteiger charge is 2.49. The van der Waals surface area contributed by atoms with E-state index >= 15 is 0 Å². The zero-order chi connectivity index (χ0) is 34.6. The van der Waals surface area contributed by atoms with Crippen molar-refractivity contribution in [1.29, 1.82) is 0 Å². The molecular formula is C35H47F2N7O3. The highest BCUT2D eigenvalue weighted by molar-refractivity contribution is 5.93. The first-order chi connectivity index (χ1) is 22.1. The summed E-state index contributed by atoms with van der Waals surface area (Å²) in [5, 5.41) is 10.5. The zero-order valence-electron chi connectivity index (χ0n) is 28.9. The number of rotatable bonds is 13. The number of aromatic nitrogens is 4. The van der Waals surface area contributed by atoms with E-state index in [0.29, 0.717) is 40.5 Å². The summed E-state index contributed by atoms with van der Waals surface area (Å²) in [4.78, 5) is 23.8. The monoisotopic (exact) mass is 651 g/mol. The number of ether oxygens (including phenoxy) is 2. The Morgan fingerprint density at radius 1 is 1.02 bits per heavy atom. The Hall–Kier alpha value is -4.32. The number of hydrogen-bond donors (Lipinski definition) is 2. The van der Waals surface area contributed by atoms with Crippen LogP contribution in [0.3, 0.4) is 0 Å². The van der Waals surface area contributed by atoms with E-state index in [1.54, 1.807) is 13.3 Å². The Morgan fingerprint density at radius 2 is 1.74 bits per heavy atom. The molecular weight excluding hydrogens is 604 g/mol. The second kappa shape index (κ2) is 14.2. The first-order valence-electron chi connectivity index (χ1n) is 15.8. The van der Waals surface area contributed by atoms with Crippen LogP contribution in [0.15, 0.2) is 49.1 Å². The maximum Gasteiger partial charge on any atom is 0.246 e. The van der Waals surface area contributed by atoms with Gasteiger partial charge in [-0.25, -0.2) is 18.7 Å². The lowest BCUT2D eigenvalue weighted by Crippen LogP contribution is -2.62. The van der Waals surface area contributed by atoms with Gasteiger partial charge in [-0.2, -0.15) is 5.10 Å². The average molecular weight is 652 g/mol. The van der Waals surface area contributed by atoms with E-state index in [1.807, 2.05) is 12.1 Å². The maximum atomic E-state index is 13.9.